The van der Waals surface area contributed by atoms with Gasteiger partial charge < -0.3 is 20.4 Å². The van der Waals surface area contributed by atoms with Crippen LogP contribution in [0.5, 0.6) is 5.75 Å². The van der Waals surface area contributed by atoms with E-state index in [0.29, 0.717) is 18.4 Å². The second-order valence-corrected chi connectivity index (χ2v) is 4.22. The van der Waals surface area contributed by atoms with Gasteiger partial charge in [0.05, 0.1) is 23.1 Å². The van der Waals surface area contributed by atoms with Gasteiger partial charge in [0, 0.05) is 13.5 Å². The van der Waals surface area contributed by atoms with Crippen molar-refractivity contribution in [3.05, 3.63) is 17.7 Å². The summed E-state index contributed by atoms with van der Waals surface area (Å²) in [6, 6.07) is 3.12. The van der Waals surface area contributed by atoms with Crippen molar-refractivity contribution < 1.29 is 19.8 Å². The number of carboxylic acids is 1. The molecule has 1 atom stereocenters. The van der Waals surface area contributed by atoms with E-state index in [4.69, 9.17) is 5.11 Å². The summed E-state index contributed by atoms with van der Waals surface area (Å²) in [4.78, 5) is 23.3. The molecule has 0 radical (unpaired) electrons. The number of anilines is 2. The minimum atomic E-state index is -0.861. The smallest absolute Gasteiger partial charge is 0.303 e. The molecule has 6 heteroatoms. The van der Waals surface area contributed by atoms with Gasteiger partial charge >= 0.3 is 5.97 Å². The van der Waals surface area contributed by atoms with Crippen molar-refractivity contribution in [2.45, 2.75) is 19.0 Å². The molecule has 18 heavy (non-hydrogen) atoms. The molecule has 6 nitrogen and oxygen atoms in total. The fourth-order valence-corrected chi connectivity index (χ4v) is 2.17. The van der Waals surface area contributed by atoms with Gasteiger partial charge in [-0.25, -0.2) is 0 Å². The zero-order valence-electron chi connectivity index (χ0n) is 9.88. The highest BCUT2D eigenvalue weighted by molar-refractivity contribution is 5.96. The predicted molar refractivity (Wildman–Crippen MR) is 66.2 cm³/mol. The van der Waals surface area contributed by atoms with E-state index in [-0.39, 0.29) is 23.9 Å². The monoisotopic (exact) mass is 250 g/mol. The maximum atomic E-state index is 11.0. The topological polar surface area (TPSA) is 89.9 Å². The number of rotatable bonds is 4. The largest absolute Gasteiger partial charge is 0.507 e. The fraction of sp³-hybridized carbons (Fsp3) is 0.333. The molecule has 1 heterocycles. The number of phenols is 1. The summed E-state index contributed by atoms with van der Waals surface area (Å²) in [5.41, 5.74) is 1.56. The zero-order chi connectivity index (χ0) is 13.3. The number of carboxylic acid groups (broad SMARTS) is 1. The summed E-state index contributed by atoms with van der Waals surface area (Å²) in [6.07, 6.45) is 0.876. The number of hydrogen-bond donors (Lipinski definition) is 3. The fourth-order valence-electron chi connectivity index (χ4n) is 2.17. The molecule has 96 valence electrons. The lowest BCUT2D eigenvalue weighted by Gasteiger charge is -2.22. The second kappa shape index (κ2) is 4.56. The Morgan fingerprint density at radius 1 is 1.56 bits per heavy atom. The van der Waals surface area contributed by atoms with Gasteiger partial charge in [0.1, 0.15) is 5.75 Å². The summed E-state index contributed by atoms with van der Waals surface area (Å²) < 4.78 is 0. The van der Waals surface area contributed by atoms with E-state index in [1.54, 1.807) is 18.0 Å². The molecule has 0 fully saturated rings. The van der Waals surface area contributed by atoms with E-state index in [1.165, 1.54) is 6.07 Å². The van der Waals surface area contributed by atoms with Gasteiger partial charge in [0.2, 0.25) is 0 Å². The van der Waals surface area contributed by atoms with Crippen molar-refractivity contribution in [1.29, 1.82) is 0 Å². The number of fused-ring (bicyclic) bond motifs is 1. The van der Waals surface area contributed by atoms with Gasteiger partial charge in [0.15, 0.2) is 6.29 Å². The molecule has 1 aromatic carbocycles. The van der Waals surface area contributed by atoms with Gasteiger partial charge in [0.25, 0.3) is 0 Å². The Morgan fingerprint density at radius 3 is 2.89 bits per heavy atom. The molecule has 0 spiro atoms. The highest BCUT2D eigenvalue weighted by Crippen LogP contribution is 2.40. The average molecular weight is 250 g/mol. The summed E-state index contributed by atoms with van der Waals surface area (Å²) in [5.74, 6) is -0.934. The molecule has 1 aliphatic heterocycles. The lowest BCUT2D eigenvalue weighted by atomic mass is 10.1. The van der Waals surface area contributed by atoms with Gasteiger partial charge in [-0.2, -0.15) is 0 Å². The molecular weight excluding hydrogens is 236 g/mol. The summed E-state index contributed by atoms with van der Waals surface area (Å²) in [6.45, 7) is 0. The standard InChI is InChI=1S/C12H14N2O4/c1-14-10(4-5-11(17)18)13-8-2-3-9(16)7(6-15)12(8)14/h2-3,6,10,13,16H,4-5H2,1H3,(H,17,18). The van der Waals surface area contributed by atoms with E-state index in [1.807, 2.05) is 0 Å². The van der Waals surface area contributed by atoms with E-state index in [0.717, 1.165) is 5.69 Å². The number of nitrogens with one attached hydrogen (secondary N) is 1. The summed E-state index contributed by atoms with van der Waals surface area (Å²) in [5, 5.41) is 21.4. The molecule has 1 unspecified atom stereocenters. The zero-order valence-corrected chi connectivity index (χ0v) is 9.88. The predicted octanol–water partition coefficient (Wildman–Crippen LogP) is 1.26. The lowest BCUT2D eigenvalue weighted by molar-refractivity contribution is -0.137. The number of aldehydes is 1. The van der Waals surface area contributed by atoms with Crippen LogP contribution in [0.4, 0.5) is 11.4 Å². The van der Waals surface area contributed by atoms with E-state index < -0.39 is 5.97 Å². The van der Waals surface area contributed by atoms with Crippen LogP contribution in [-0.4, -0.2) is 35.7 Å². The average Bonchev–Trinajstić information content (AvgIpc) is 2.64. The molecule has 0 bridgehead atoms. The Kier molecular flexibility index (Phi) is 3.10. The first-order valence-corrected chi connectivity index (χ1v) is 5.57. The quantitative estimate of drug-likeness (QED) is 0.550. The van der Waals surface area contributed by atoms with Crippen LogP contribution in [0.15, 0.2) is 12.1 Å². The Balaban J connectivity index is 2.27. The molecule has 2 rings (SSSR count). The molecule has 1 aromatic rings. The number of aromatic hydroxyl groups is 1. The molecular formula is C12H14N2O4. The molecule has 0 aliphatic carbocycles. The van der Waals surface area contributed by atoms with Crippen LogP contribution >= 0.6 is 0 Å². The van der Waals surface area contributed by atoms with Crippen molar-refractivity contribution in [1.82, 2.24) is 0 Å². The van der Waals surface area contributed by atoms with Gasteiger partial charge in [-0.3, -0.25) is 9.59 Å². The van der Waals surface area contributed by atoms with E-state index in [2.05, 4.69) is 5.32 Å². The van der Waals surface area contributed by atoms with Crippen LogP contribution in [0.3, 0.4) is 0 Å². The maximum Gasteiger partial charge on any atom is 0.303 e. The Labute approximate surface area is 104 Å². The molecule has 0 saturated heterocycles. The van der Waals surface area contributed by atoms with Crippen LogP contribution in [0, 0.1) is 0 Å². The van der Waals surface area contributed by atoms with E-state index >= 15 is 0 Å². The van der Waals surface area contributed by atoms with Crippen LogP contribution in [0.2, 0.25) is 0 Å². The van der Waals surface area contributed by atoms with Gasteiger partial charge in [-0.1, -0.05) is 0 Å². The number of hydrogen-bond acceptors (Lipinski definition) is 5. The highest BCUT2D eigenvalue weighted by atomic mass is 16.4. The Bertz CT molecular complexity index is 501. The number of carbonyl (C=O) groups excluding carboxylic acids is 1. The van der Waals surface area contributed by atoms with Crippen LogP contribution in [0.25, 0.3) is 0 Å². The summed E-state index contributed by atoms with van der Waals surface area (Å²) in [7, 11) is 1.76. The number of phenolic OH excluding ortho intramolecular Hbond substituents is 1. The van der Waals surface area contributed by atoms with Crippen molar-refractivity contribution in [2.75, 3.05) is 17.3 Å². The minimum absolute atomic E-state index is 0.0401. The minimum Gasteiger partial charge on any atom is -0.507 e. The molecule has 0 amide bonds. The van der Waals surface area contributed by atoms with Crippen LogP contribution < -0.4 is 10.2 Å². The highest BCUT2D eigenvalue weighted by Gasteiger charge is 2.29. The van der Waals surface area contributed by atoms with Crippen molar-refractivity contribution in [3.63, 3.8) is 0 Å². The van der Waals surface area contributed by atoms with Crippen molar-refractivity contribution in [2.24, 2.45) is 0 Å². The molecule has 1 aliphatic rings. The lowest BCUT2D eigenvalue weighted by Crippen LogP contribution is -2.33. The van der Waals surface area contributed by atoms with Crippen molar-refractivity contribution in [3.8, 4) is 5.75 Å². The van der Waals surface area contributed by atoms with Gasteiger partial charge in [-0.05, 0) is 18.6 Å². The number of benzene rings is 1. The van der Waals surface area contributed by atoms with E-state index in [9.17, 15) is 14.7 Å². The van der Waals surface area contributed by atoms with Crippen LogP contribution in [-0.2, 0) is 4.79 Å². The van der Waals surface area contributed by atoms with Crippen molar-refractivity contribution >= 4 is 23.6 Å². The Morgan fingerprint density at radius 2 is 2.28 bits per heavy atom. The molecule has 0 saturated carbocycles. The number of nitrogens with zero attached hydrogens (tertiary/aromatic N) is 1. The first-order chi connectivity index (χ1) is 8.54. The molecule has 0 aromatic heterocycles. The normalized spacial score (nSPS) is 17.2. The third-order valence-corrected chi connectivity index (χ3v) is 3.09. The first kappa shape index (κ1) is 12.2. The Hall–Kier alpha value is -2.24. The summed E-state index contributed by atoms with van der Waals surface area (Å²) >= 11 is 0. The third kappa shape index (κ3) is 1.97. The number of carbonyl (C=O) groups is 2. The SMILES string of the molecule is CN1c2c(ccc(O)c2C=O)NC1CCC(=O)O. The van der Waals surface area contributed by atoms with Crippen LogP contribution in [0.1, 0.15) is 23.2 Å². The first-order valence-electron chi connectivity index (χ1n) is 5.57. The third-order valence-electron chi connectivity index (χ3n) is 3.09. The number of aliphatic carboxylic acids is 1. The second-order valence-electron chi connectivity index (χ2n) is 4.22. The molecule has 3 N–H and O–H groups in total. The maximum absolute atomic E-state index is 11.0. The van der Waals surface area contributed by atoms with Gasteiger partial charge in [-0.15, -0.1) is 0 Å².